The molecule has 0 amide bonds. The van der Waals surface area contributed by atoms with E-state index in [1.165, 1.54) is 32.4 Å². The molecule has 0 radical (unpaired) electrons. The van der Waals surface area contributed by atoms with Crippen LogP contribution in [0.3, 0.4) is 0 Å². The summed E-state index contributed by atoms with van der Waals surface area (Å²) in [6.45, 7) is 0. The van der Waals surface area contributed by atoms with Crippen LogP contribution in [0.4, 0.5) is 8.78 Å². The lowest BCUT2D eigenvalue weighted by Gasteiger charge is -2.05. The van der Waals surface area contributed by atoms with E-state index in [2.05, 4.69) is 31.9 Å². The Kier molecular flexibility index (Phi) is 6.93. The Morgan fingerprint density at radius 2 is 1.16 bits per heavy atom. The summed E-state index contributed by atoms with van der Waals surface area (Å²) in [5.74, 6) is 0.00867. The lowest BCUT2D eigenvalue weighted by Crippen LogP contribution is -2.05. The normalized spacial score (nSPS) is 11.1. The molecule has 4 aromatic carbocycles. The molecule has 0 saturated heterocycles. The van der Waals surface area contributed by atoms with Crippen LogP contribution in [0.25, 0.3) is 43.9 Å². The lowest BCUT2D eigenvalue weighted by molar-refractivity contribution is 0.415. The maximum absolute atomic E-state index is 14.0. The summed E-state index contributed by atoms with van der Waals surface area (Å²) in [4.78, 5) is 24.7. The van der Waals surface area contributed by atoms with Crippen LogP contribution in [0.1, 0.15) is 0 Å². The van der Waals surface area contributed by atoms with E-state index in [-0.39, 0.29) is 30.9 Å². The van der Waals surface area contributed by atoms with Crippen molar-refractivity contribution >= 4 is 75.7 Å². The third kappa shape index (κ3) is 4.54. The Hall–Kier alpha value is -3.76. The quantitative estimate of drug-likeness (QED) is 0.180. The van der Waals surface area contributed by atoms with E-state index >= 15 is 0 Å². The minimum absolute atomic E-state index is 0.0601. The summed E-state index contributed by atoms with van der Waals surface area (Å²) in [6.07, 6.45) is 0. The molecule has 0 atom stereocenters. The first kappa shape index (κ1) is 25.9. The predicted octanol–water partition coefficient (Wildman–Crippen LogP) is 7.71. The monoisotopic (exact) mass is 644 g/mol. The fourth-order valence-electron chi connectivity index (χ4n) is 3.94. The number of methoxy groups -OCH3 is 2. The fraction of sp³-hybridized carbons (Fsp3) is 0.0714. The van der Waals surface area contributed by atoms with Crippen LogP contribution in [0.2, 0.25) is 0 Å². The Bertz CT molecular complexity index is 1980. The maximum atomic E-state index is 14.0. The molecule has 0 N–H and O–H groups in total. The first-order valence-electron chi connectivity index (χ1n) is 11.0. The van der Waals surface area contributed by atoms with Crippen LogP contribution in [0.5, 0.6) is 11.5 Å². The van der Waals surface area contributed by atoms with Crippen molar-refractivity contribution in [1.29, 1.82) is 0 Å². The Labute approximate surface area is 229 Å². The molecule has 2 heterocycles. The van der Waals surface area contributed by atoms with Crippen LogP contribution >= 0.6 is 31.9 Å². The highest BCUT2D eigenvalue weighted by molar-refractivity contribution is 9.10. The van der Waals surface area contributed by atoms with E-state index in [0.29, 0.717) is 38.8 Å². The SMILES string of the molecule is COc1ccc2oc3cc(F)c(Br)cc3c(=O)c2c1.COc1ccc2oc3ccc(Br)c(F)c3c(=O)c2c1. The van der Waals surface area contributed by atoms with Crippen molar-refractivity contribution in [1.82, 2.24) is 0 Å². The van der Waals surface area contributed by atoms with Gasteiger partial charge in [-0.25, -0.2) is 8.78 Å². The molecule has 10 heteroatoms. The molecule has 0 fully saturated rings. The number of hydrogen-bond donors (Lipinski definition) is 0. The molecule has 0 bridgehead atoms. The molecule has 0 aliphatic rings. The molecule has 0 aliphatic carbocycles. The number of rotatable bonds is 2. The number of fused-ring (bicyclic) bond motifs is 4. The summed E-state index contributed by atoms with van der Waals surface area (Å²) < 4.78 is 49.2. The van der Waals surface area contributed by atoms with Crippen molar-refractivity contribution in [3.63, 3.8) is 0 Å². The second-order valence-electron chi connectivity index (χ2n) is 8.08. The molecular formula is C28H16Br2F2O6. The summed E-state index contributed by atoms with van der Waals surface area (Å²) in [7, 11) is 3.02. The van der Waals surface area contributed by atoms with Gasteiger partial charge in [-0.3, -0.25) is 9.59 Å². The van der Waals surface area contributed by atoms with Crippen LogP contribution in [0, 0.1) is 11.6 Å². The molecule has 2 aromatic heterocycles. The molecule has 38 heavy (non-hydrogen) atoms. The third-order valence-corrected chi connectivity index (χ3v) is 7.07. The van der Waals surface area contributed by atoms with Crippen molar-refractivity contribution in [2.75, 3.05) is 14.2 Å². The van der Waals surface area contributed by atoms with Crippen molar-refractivity contribution in [3.8, 4) is 11.5 Å². The van der Waals surface area contributed by atoms with Crippen LogP contribution in [-0.4, -0.2) is 14.2 Å². The molecule has 6 aromatic rings. The van der Waals surface area contributed by atoms with Gasteiger partial charge in [0.2, 0.25) is 10.9 Å². The van der Waals surface area contributed by atoms with Crippen molar-refractivity contribution in [2.45, 2.75) is 0 Å². The van der Waals surface area contributed by atoms with E-state index in [1.54, 1.807) is 42.5 Å². The van der Waals surface area contributed by atoms with Gasteiger partial charge in [0.15, 0.2) is 5.82 Å². The van der Waals surface area contributed by atoms with Crippen LogP contribution < -0.4 is 20.3 Å². The highest BCUT2D eigenvalue weighted by Crippen LogP contribution is 2.28. The van der Waals surface area contributed by atoms with E-state index in [9.17, 15) is 18.4 Å². The summed E-state index contributed by atoms with van der Waals surface area (Å²) in [5, 5.41) is 0.971. The highest BCUT2D eigenvalue weighted by atomic mass is 79.9. The van der Waals surface area contributed by atoms with Gasteiger partial charge in [-0.1, -0.05) is 0 Å². The summed E-state index contributed by atoms with van der Waals surface area (Å²) in [5.41, 5.74) is 0.636. The van der Waals surface area contributed by atoms with Crippen LogP contribution in [-0.2, 0) is 0 Å². The number of hydrogen-bond acceptors (Lipinski definition) is 6. The average molecular weight is 646 g/mol. The molecule has 192 valence electrons. The van der Waals surface area contributed by atoms with Gasteiger partial charge in [-0.15, -0.1) is 0 Å². The zero-order valence-electron chi connectivity index (χ0n) is 19.7. The van der Waals surface area contributed by atoms with Gasteiger partial charge < -0.3 is 18.3 Å². The van der Waals surface area contributed by atoms with Crippen molar-refractivity contribution < 1.29 is 27.1 Å². The molecular weight excluding hydrogens is 630 g/mol. The second-order valence-corrected chi connectivity index (χ2v) is 9.79. The lowest BCUT2D eigenvalue weighted by atomic mass is 10.1. The molecule has 0 saturated carbocycles. The van der Waals surface area contributed by atoms with E-state index in [4.69, 9.17) is 18.3 Å². The highest BCUT2D eigenvalue weighted by Gasteiger charge is 2.15. The number of halogens is 4. The van der Waals surface area contributed by atoms with Crippen LogP contribution in [0.15, 0.2) is 88.0 Å². The topological polar surface area (TPSA) is 78.9 Å². The minimum Gasteiger partial charge on any atom is -0.497 e. The largest absolute Gasteiger partial charge is 0.497 e. The molecule has 0 spiro atoms. The van der Waals surface area contributed by atoms with Gasteiger partial charge in [0.25, 0.3) is 0 Å². The zero-order chi connectivity index (χ0) is 27.1. The standard InChI is InChI=1S/2C14H8BrFO3/c1-18-7-2-4-10-8(6-7)14(17)12-11(19-10)5-3-9(15)13(12)16;1-18-7-2-3-12-8(4-7)14(17)9-5-10(15)11(16)6-13(9)19-12/h2*2-6H,1H3. The average Bonchev–Trinajstić information content (AvgIpc) is 2.92. The van der Waals surface area contributed by atoms with Gasteiger partial charge in [-0.2, -0.15) is 0 Å². The molecule has 0 aliphatic heterocycles. The summed E-state index contributed by atoms with van der Waals surface area (Å²) in [6, 6.07) is 15.5. The van der Waals surface area contributed by atoms with Gasteiger partial charge in [0.05, 0.1) is 39.3 Å². The van der Waals surface area contributed by atoms with Gasteiger partial charge in [0, 0.05) is 6.07 Å². The molecule has 0 unspecified atom stereocenters. The Morgan fingerprint density at radius 1 is 0.632 bits per heavy atom. The number of ether oxygens (including phenoxy) is 2. The summed E-state index contributed by atoms with van der Waals surface area (Å²) >= 11 is 6.12. The minimum atomic E-state index is -0.615. The predicted molar refractivity (Wildman–Crippen MR) is 148 cm³/mol. The van der Waals surface area contributed by atoms with Gasteiger partial charge in [0.1, 0.15) is 45.0 Å². The van der Waals surface area contributed by atoms with Gasteiger partial charge in [-0.05, 0) is 86.5 Å². The molecule has 6 nitrogen and oxygen atoms in total. The fourth-order valence-corrected chi connectivity index (χ4v) is 4.62. The first-order valence-corrected chi connectivity index (χ1v) is 12.6. The van der Waals surface area contributed by atoms with E-state index in [1.807, 2.05) is 0 Å². The van der Waals surface area contributed by atoms with E-state index in [0.717, 1.165) is 0 Å². The van der Waals surface area contributed by atoms with E-state index < -0.39 is 17.1 Å². The van der Waals surface area contributed by atoms with Crippen molar-refractivity contribution in [3.05, 3.63) is 102 Å². The maximum Gasteiger partial charge on any atom is 0.203 e. The smallest absolute Gasteiger partial charge is 0.203 e. The first-order chi connectivity index (χ1) is 18.2. The van der Waals surface area contributed by atoms with Crippen molar-refractivity contribution in [2.24, 2.45) is 0 Å². The Balaban J connectivity index is 0.000000155. The third-order valence-electron chi connectivity index (χ3n) is 5.85. The number of benzene rings is 4. The van der Waals surface area contributed by atoms with Gasteiger partial charge >= 0.3 is 0 Å². The molecule has 6 rings (SSSR count). The zero-order valence-corrected chi connectivity index (χ0v) is 22.9. The Morgan fingerprint density at radius 3 is 1.76 bits per heavy atom. The second kappa shape index (κ2) is 10.2.